The molecule has 0 bridgehead atoms. The number of aromatic amines is 1. The zero-order valence-corrected chi connectivity index (χ0v) is 8.49. The quantitative estimate of drug-likeness (QED) is 0.815. The van der Waals surface area contributed by atoms with Gasteiger partial charge in [0.2, 0.25) is 0 Å². The van der Waals surface area contributed by atoms with Crippen molar-refractivity contribution in [3.63, 3.8) is 0 Å². The molecule has 1 aromatic carbocycles. The number of aromatic carboxylic acids is 1. The largest absolute Gasteiger partial charge is 0.476 e. The lowest BCUT2D eigenvalue weighted by Gasteiger charge is -1.97. The Balaban J connectivity index is 2.54. The van der Waals surface area contributed by atoms with Crippen molar-refractivity contribution >= 4 is 5.97 Å². The zero-order chi connectivity index (χ0) is 11.7. The summed E-state index contributed by atoms with van der Waals surface area (Å²) in [7, 11) is 0. The van der Waals surface area contributed by atoms with E-state index in [-0.39, 0.29) is 17.1 Å². The van der Waals surface area contributed by atoms with Gasteiger partial charge in [0, 0.05) is 5.69 Å². The van der Waals surface area contributed by atoms with E-state index in [0.29, 0.717) is 5.69 Å². The van der Waals surface area contributed by atoms with Crippen LogP contribution in [-0.4, -0.2) is 21.0 Å². The lowest BCUT2D eigenvalue weighted by molar-refractivity contribution is 0.0690. The van der Waals surface area contributed by atoms with Crippen molar-refractivity contribution < 1.29 is 14.3 Å². The molecule has 1 heterocycles. The van der Waals surface area contributed by atoms with Gasteiger partial charge in [0.05, 0.1) is 5.56 Å². The van der Waals surface area contributed by atoms with Crippen LogP contribution < -0.4 is 0 Å². The Labute approximate surface area is 90.8 Å². The molecule has 0 spiro atoms. The molecule has 1 aromatic heterocycles. The van der Waals surface area contributed by atoms with Crippen LogP contribution in [0, 0.1) is 12.7 Å². The van der Waals surface area contributed by atoms with Crippen molar-refractivity contribution in [2.75, 3.05) is 0 Å². The molecule has 0 radical (unpaired) electrons. The van der Waals surface area contributed by atoms with Crippen LogP contribution >= 0.6 is 0 Å². The van der Waals surface area contributed by atoms with Crippen molar-refractivity contribution in [3.05, 3.63) is 41.5 Å². The maximum atomic E-state index is 13.4. The van der Waals surface area contributed by atoms with Crippen LogP contribution in [0.5, 0.6) is 0 Å². The Kier molecular flexibility index (Phi) is 2.44. The van der Waals surface area contributed by atoms with Crippen molar-refractivity contribution in [3.8, 4) is 11.4 Å². The number of carboxylic acids is 1. The highest BCUT2D eigenvalue weighted by atomic mass is 19.1. The molecule has 82 valence electrons. The standard InChI is InChI=1S/C11H9FN2O2/c1-6-9(11(15)16)14-10(13-6)7-4-2-3-5-8(7)12/h2-5H,1H3,(H,13,14)(H,15,16). The van der Waals surface area contributed by atoms with Crippen molar-refractivity contribution in [1.29, 1.82) is 0 Å². The molecule has 2 N–H and O–H groups in total. The fraction of sp³-hybridized carbons (Fsp3) is 0.0909. The second kappa shape index (κ2) is 3.77. The van der Waals surface area contributed by atoms with Crippen LogP contribution in [0.1, 0.15) is 16.2 Å². The first kappa shape index (κ1) is 10.4. The molecule has 0 unspecified atom stereocenters. The predicted molar refractivity (Wildman–Crippen MR) is 55.7 cm³/mol. The van der Waals surface area contributed by atoms with E-state index in [2.05, 4.69) is 9.97 Å². The molecule has 4 nitrogen and oxygen atoms in total. The van der Waals surface area contributed by atoms with Crippen molar-refractivity contribution in [1.82, 2.24) is 9.97 Å². The molecular formula is C11H9FN2O2. The van der Waals surface area contributed by atoms with Crippen LogP contribution in [0.2, 0.25) is 0 Å². The fourth-order valence-corrected chi connectivity index (χ4v) is 1.45. The van der Waals surface area contributed by atoms with E-state index in [1.54, 1.807) is 25.1 Å². The van der Waals surface area contributed by atoms with Gasteiger partial charge < -0.3 is 10.1 Å². The molecule has 0 aliphatic rings. The minimum absolute atomic E-state index is 0.0850. The number of aromatic nitrogens is 2. The van der Waals surface area contributed by atoms with Gasteiger partial charge in [0.25, 0.3) is 0 Å². The first-order valence-corrected chi connectivity index (χ1v) is 4.64. The molecule has 0 aliphatic heterocycles. The molecule has 2 rings (SSSR count). The van der Waals surface area contributed by atoms with Gasteiger partial charge >= 0.3 is 5.97 Å². The molecule has 5 heteroatoms. The Morgan fingerprint density at radius 3 is 2.69 bits per heavy atom. The predicted octanol–water partition coefficient (Wildman–Crippen LogP) is 2.22. The molecule has 0 atom stereocenters. The van der Waals surface area contributed by atoms with E-state index in [9.17, 15) is 9.18 Å². The summed E-state index contributed by atoms with van der Waals surface area (Å²) in [6.45, 7) is 1.58. The van der Waals surface area contributed by atoms with Crippen molar-refractivity contribution in [2.45, 2.75) is 6.92 Å². The highest BCUT2D eigenvalue weighted by Gasteiger charge is 2.15. The summed E-state index contributed by atoms with van der Waals surface area (Å²) in [5.74, 6) is -1.34. The molecule has 0 saturated carbocycles. The Morgan fingerprint density at radius 2 is 2.12 bits per heavy atom. The van der Waals surface area contributed by atoms with Gasteiger partial charge in [-0.1, -0.05) is 12.1 Å². The topological polar surface area (TPSA) is 66.0 Å². The number of hydrogen-bond donors (Lipinski definition) is 2. The number of aryl methyl sites for hydroxylation is 1. The summed E-state index contributed by atoms with van der Waals surface area (Å²) in [6.07, 6.45) is 0. The molecule has 0 aliphatic carbocycles. The number of rotatable bonds is 2. The molecule has 0 saturated heterocycles. The van der Waals surface area contributed by atoms with E-state index >= 15 is 0 Å². The van der Waals surface area contributed by atoms with Gasteiger partial charge in [0.1, 0.15) is 11.6 Å². The molecule has 0 amide bonds. The number of benzene rings is 1. The summed E-state index contributed by atoms with van der Waals surface area (Å²) >= 11 is 0. The number of nitrogens with one attached hydrogen (secondary N) is 1. The number of carbonyl (C=O) groups is 1. The average molecular weight is 220 g/mol. The summed E-state index contributed by atoms with van der Waals surface area (Å²) in [5.41, 5.74) is 0.585. The van der Waals surface area contributed by atoms with Gasteiger partial charge in [-0.3, -0.25) is 0 Å². The lowest BCUT2D eigenvalue weighted by Crippen LogP contribution is -1.98. The summed E-state index contributed by atoms with van der Waals surface area (Å²) in [4.78, 5) is 17.4. The highest BCUT2D eigenvalue weighted by Crippen LogP contribution is 2.20. The fourth-order valence-electron chi connectivity index (χ4n) is 1.45. The number of nitrogens with zero attached hydrogens (tertiary/aromatic N) is 1. The monoisotopic (exact) mass is 220 g/mol. The van der Waals surface area contributed by atoms with E-state index in [1.807, 2.05) is 0 Å². The first-order valence-electron chi connectivity index (χ1n) is 4.64. The molecular weight excluding hydrogens is 211 g/mol. The number of H-pyrrole nitrogens is 1. The number of imidazole rings is 1. The Bertz CT molecular complexity index is 549. The molecule has 0 fully saturated rings. The lowest BCUT2D eigenvalue weighted by atomic mass is 10.2. The van der Waals surface area contributed by atoms with Gasteiger partial charge in [-0.05, 0) is 19.1 Å². The van der Waals surface area contributed by atoms with Gasteiger partial charge in [0.15, 0.2) is 5.69 Å². The smallest absolute Gasteiger partial charge is 0.356 e. The van der Waals surface area contributed by atoms with Crippen LogP contribution in [0.4, 0.5) is 4.39 Å². The van der Waals surface area contributed by atoms with E-state index in [0.717, 1.165) is 0 Å². The maximum absolute atomic E-state index is 13.4. The minimum atomic E-state index is -1.13. The van der Waals surface area contributed by atoms with Gasteiger partial charge in [-0.2, -0.15) is 0 Å². The second-order valence-electron chi connectivity index (χ2n) is 3.34. The van der Waals surface area contributed by atoms with E-state index in [1.165, 1.54) is 6.07 Å². The Hall–Kier alpha value is -2.17. The van der Waals surface area contributed by atoms with Gasteiger partial charge in [-0.25, -0.2) is 14.2 Å². The third-order valence-electron chi connectivity index (χ3n) is 2.22. The maximum Gasteiger partial charge on any atom is 0.356 e. The van der Waals surface area contributed by atoms with Crippen LogP contribution in [0.15, 0.2) is 24.3 Å². The van der Waals surface area contributed by atoms with Crippen LogP contribution in [0.25, 0.3) is 11.4 Å². The number of hydrogen-bond acceptors (Lipinski definition) is 2. The minimum Gasteiger partial charge on any atom is -0.476 e. The summed E-state index contributed by atoms with van der Waals surface area (Å²) < 4.78 is 13.4. The SMILES string of the molecule is Cc1[nH]c(-c2ccccc2F)nc1C(=O)O. The average Bonchev–Trinajstić information content (AvgIpc) is 2.61. The normalized spacial score (nSPS) is 10.4. The third kappa shape index (κ3) is 1.67. The zero-order valence-electron chi connectivity index (χ0n) is 8.49. The van der Waals surface area contributed by atoms with Gasteiger partial charge in [-0.15, -0.1) is 0 Å². The van der Waals surface area contributed by atoms with E-state index in [4.69, 9.17) is 5.11 Å². The Morgan fingerprint density at radius 1 is 1.44 bits per heavy atom. The number of carboxylic acid groups (broad SMARTS) is 1. The van der Waals surface area contributed by atoms with E-state index < -0.39 is 11.8 Å². The first-order chi connectivity index (χ1) is 7.59. The summed E-state index contributed by atoms with van der Waals surface area (Å²) in [5, 5.41) is 8.82. The van der Waals surface area contributed by atoms with Crippen molar-refractivity contribution in [2.24, 2.45) is 0 Å². The highest BCUT2D eigenvalue weighted by molar-refractivity contribution is 5.87. The molecule has 16 heavy (non-hydrogen) atoms. The third-order valence-corrected chi connectivity index (χ3v) is 2.22. The summed E-state index contributed by atoms with van der Waals surface area (Å²) in [6, 6.07) is 6.07. The van der Waals surface area contributed by atoms with Crippen LogP contribution in [0.3, 0.4) is 0 Å². The number of halogens is 1. The van der Waals surface area contributed by atoms with Crippen LogP contribution in [-0.2, 0) is 0 Å². The molecule has 2 aromatic rings. The second-order valence-corrected chi connectivity index (χ2v) is 3.34.